The second-order valence-electron chi connectivity index (χ2n) is 4.52. The molecule has 0 saturated carbocycles. The molecule has 0 aromatic heterocycles. The molecule has 0 saturated heterocycles. The molecule has 0 fully saturated rings. The predicted octanol–water partition coefficient (Wildman–Crippen LogP) is 5.03. The molecule has 2 heteroatoms. The Morgan fingerprint density at radius 1 is 0.947 bits per heavy atom. The summed E-state index contributed by atoms with van der Waals surface area (Å²) in [7, 11) is 0. The maximum atomic E-state index is 2.72. The summed E-state index contributed by atoms with van der Waals surface area (Å²) >= 11 is 2.72. The van der Waals surface area contributed by atoms with Gasteiger partial charge in [-0.25, -0.2) is 0 Å². The monoisotopic (exact) mass is 359 g/mol. The van der Waals surface area contributed by atoms with Crippen molar-refractivity contribution < 1.29 is 18.3 Å². The zero-order valence-electron chi connectivity index (χ0n) is 11.2. The molecule has 0 radical (unpaired) electrons. The van der Waals surface area contributed by atoms with Crippen molar-refractivity contribution in [1.29, 1.82) is 0 Å². The van der Waals surface area contributed by atoms with E-state index in [1.807, 2.05) is 0 Å². The fourth-order valence-electron chi connectivity index (χ4n) is 2.07. The number of allylic oxidation sites excluding steroid dienone is 5. The Morgan fingerprint density at radius 2 is 1.58 bits per heavy atom. The normalized spacial score (nSPS) is 19.5. The Labute approximate surface area is 130 Å². The van der Waals surface area contributed by atoms with Crippen molar-refractivity contribution in [2.24, 2.45) is 0 Å². The first kappa shape index (κ1) is 16.5. The van der Waals surface area contributed by atoms with Gasteiger partial charge in [0.2, 0.25) is 0 Å². The van der Waals surface area contributed by atoms with Crippen molar-refractivity contribution in [3.63, 3.8) is 0 Å². The van der Waals surface area contributed by atoms with Crippen LogP contribution >= 0.6 is 9.90 Å². The topological polar surface area (TPSA) is 0 Å². The quantitative estimate of drug-likeness (QED) is 0.451. The minimum absolute atomic E-state index is 0. The third-order valence-corrected chi connectivity index (χ3v) is 3.98. The summed E-state index contributed by atoms with van der Waals surface area (Å²) in [6.45, 7) is 0. The van der Waals surface area contributed by atoms with E-state index in [1.54, 1.807) is 0 Å². The van der Waals surface area contributed by atoms with Crippen molar-refractivity contribution in [1.82, 2.24) is 0 Å². The molecule has 0 nitrogen and oxygen atoms in total. The number of hydrogen-bond acceptors (Lipinski definition) is 0. The zero-order valence-corrected chi connectivity index (χ0v) is 14.4. The fourth-order valence-corrected chi connectivity index (χ4v) is 2.70. The second-order valence-corrected chi connectivity index (χ2v) is 5.60. The summed E-state index contributed by atoms with van der Waals surface area (Å²) in [6.07, 6.45) is 18.4. The van der Waals surface area contributed by atoms with Gasteiger partial charge in [-0.1, -0.05) is 24.3 Å². The van der Waals surface area contributed by atoms with Gasteiger partial charge in [-0.2, -0.15) is 9.90 Å². The molecular weight excluding hydrogens is 336 g/mol. The summed E-state index contributed by atoms with van der Waals surface area (Å²) in [5.41, 5.74) is 2.80. The van der Waals surface area contributed by atoms with Crippen molar-refractivity contribution in [3.05, 3.63) is 65.8 Å². The minimum atomic E-state index is 0. The van der Waals surface area contributed by atoms with E-state index in [2.05, 4.69) is 79.0 Å². The number of benzene rings is 1. The molecule has 1 aromatic carbocycles. The summed E-state index contributed by atoms with van der Waals surface area (Å²) < 4.78 is 0.551. The SMILES string of the molecule is C1=CCCCCC=C1.P.[Ru][CH]1C=Cc2ccccc21. The molecule has 103 valence electrons. The Hall–Kier alpha value is -0.507. The van der Waals surface area contributed by atoms with Gasteiger partial charge in [-0.05, 0) is 25.7 Å². The van der Waals surface area contributed by atoms with Crippen LogP contribution in [0.5, 0.6) is 0 Å². The average molecular weight is 358 g/mol. The van der Waals surface area contributed by atoms with Gasteiger partial charge in [-0.15, -0.1) is 0 Å². The molecule has 0 amide bonds. The first-order chi connectivity index (χ1) is 8.88. The molecule has 0 bridgehead atoms. The Balaban J connectivity index is 0.000000185. The van der Waals surface area contributed by atoms with E-state index in [1.165, 1.54) is 36.8 Å². The number of hydrogen-bond donors (Lipinski definition) is 0. The predicted molar refractivity (Wildman–Crippen MR) is 86.1 cm³/mol. The molecule has 0 aliphatic heterocycles. The number of fused-ring (bicyclic) bond motifs is 1. The third-order valence-electron chi connectivity index (χ3n) is 3.10. The molecule has 2 atom stereocenters. The maximum absolute atomic E-state index is 2.72. The van der Waals surface area contributed by atoms with Gasteiger partial charge in [0.05, 0.1) is 0 Å². The molecular formula is C17H22PRu. The van der Waals surface area contributed by atoms with E-state index < -0.39 is 0 Å². The van der Waals surface area contributed by atoms with Crippen LogP contribution in [0.15, 0.2) is 54.6 Å². The standard InChI is InChI=1S/C9H7.C8H12.H3P.Ru/c1-2-5-9-7-3-6-8(9)4-1;1-2-4-6-8-7-5-3-1;;/h1-7H;1-4H,5-8H2;1H3;. The molecule has 3 rings (SSSR count). The van der Waals surface area contributed by atoms with Gasteiger partial charge < -0.3 is 0 Å². The van der Waals surface area contributed by atoms with Crippen LogP contribution in [0.1, 0.15) is 41.3 Å². The van der Waals surface area contributed by atoms with E-state index in [9.17, 15) is 0 Å². The molecule has 0 heterocycles. The summed E-state index contributed by atoms with van der Waals surface area (Å²) in [5, 5.41) is 0. The van der Waals surface area contributed by atoms with E-state index in [0.29, 0.717) is 4.51 Å². The summed E-state index contributed by atoms with van der Waals surface area (Å²) in [4.78, 5) is 0. The molecule has 2 aliphatic carbocycles. The van der Waals surface area contributed by atoms with Gasteiger partial charge in [-0.3, -0.25) is 0 Å². The van der Waals surface area contributed by atoms with Gasteiger partial charge in [0.15, 0.2) is 0 Å². The van der Waals surface area contributed by atoms with Crippen molar-refractivity contribution in [2.75, 3.05) is 0 Å². The van der Waals surface area contributed by atoms with Crippen molar-refractivity contribution in [3.8, 4) is 0 Å². The zero-order chi connectivity index (χ0) is 12.6. The first-order valence-electron chi connectivity index (χ1n) is 6.59. The van der Waals surface area contributed by atoms with E-state index >= 15 is 0 Å². The van der Waals surface area contributed by atoms with E-state index in [-0.39, 0.29) is 9.90 Å². The van der Waals surface area contributed by atoms with Crippen LogP contribution in [0.25, 0.3) is 6.08 Å². The van der Waals surface area contributed by atoms with Gasteiger partial charge in [0, 0.05) is 0 Å². The van der Waals surface area contributed by atoms with Gasteiger partial charge in [0.1, 0.15) is 0 Å². The van der Waals surface area contributed by atoms with Gasteiger partial charge >= 0.3 is 70.4 Å². The molecule has 2 unspecified atom stereocenters. The van der Waals surface area contributed by atoms with Crippen LogP contribution in [-0.2, 0) is 18.3 Å². The van der Waals surface area contributed by atoms with Crippen LogP contribution in [0.3, 0.4) is 0 Å². The van der Waals surface area contributed by atoms with Crippen LogP contribution in [-0.4, -0.2) is 0 Å². The fraction of sp³-hybridized carbons (Fsp3) is 0.294. The Morgan fingerprint density at radius 3 is 2.21 bits per heavy atom. The molecule has 2 aliphatic rings. The van der Waals surface area contributed by atoms with Crippen molar-refractivity contribution >= 4 is 16.0 Å². The first-order valence-corrected chi connectivity index (χ1v) is 7.60. The van der Waals surface area contributed by atoms with Crippen LogP contribution in [0.2, 0.25) is 0 Å². The van der Waals surface area contributed by atoms with E-state index in [0.717, 1.165) is 0 Å². The van der Waals surface area contributed by atoms with Crippen LogP contribution < -0.4 is 0 Å². The molecule has 1 aromatic rings. The van der Waals surface area contributed by atoms with Crippen LogP contribution in [0.4, 0.5) is 0 Å². The van der Waals surface area contributed by atoms with E-state index in [4.69, 9.17) is 0 Å². The summed E-state index contributed by atoms with van der Waals surface area (Å²) in [6, 6.07) is 8.49. The van der Waals surface area contributed by atoms with Gasteiger partial charge in [0.25, 0.3) is 0 Å². The summed E-state index contributed by atoms with van der Waals surface area (Å²) in [5.74, 6) is 0. The second kappa shape index (κ2) is 9.41. The van der Waals surface area contributed by atoms with Crippen LogP contribution in [0, 0.1) is 0 Å². The number of rotatable bonds is 0. The third kappa shape index (κ3) is 5.56. The molecule has 0 spiro atoms. The molecule has 0 N–H and O–H groups in total. The van der Waals surface area contributed by atoms with Crippen molar-refractivity contribution in [2.45, 2.75) is 30.2 Å². The Kier molecular flexibility index (Phi) is 8.19. The average Bonchev–Trinajstić information content (AvgIpc) is 2.72. The molecule has 19 heavy (non-hydrogen) atoms. The Bertz CT molecular complexity index is 446.